The summed E-state index contributed by atoms with van der Waals surface area (Å²) in [6.07, 6.45) is 0.319. The Kier molecular flexibility index (Phi) is 4.44. The van der Waals surface area contributed by atoms with E-state index in [1.54, 1.807) is 6.92 Å². The van der Waals surface area contributed by atoms with E-state index in [1.165, 1.54) is 4.90 Å². The average molecular weight is 337 g/mol. The first kappa shape index (κ1) is 17.4. The number of amides is 1. The number of nitrogens with zero attached hydrogens (tertiary/aromatic N) is 3. The Balaban J connectivity index is 1.81. The van der Waals surface area contributed by atoms with Crippen molar-refractivity contribution in [2.24, 2.45) is 11.8 Å². The molecule has 0 bridgehead atoms. The van der Waals surface area contributed by atoms with Gasteiger partial charge in [0, 0.05) is 31.6 Å². The fourth-order valence-electron chi connectivity index (χ4n) is 4.47. The Morgan fingerprint density at radius 3 is 2.58 bits per heavy atom. The third kappa shape index (κ3) is 2.55. The summed E-state index contributed by atoms with van der Waals surface area (Å²) in [5.74, 6) is -1.83. The van der Waals surface area contributed by atoms with Crippen LogP contribution in [-0.4, -0.2) is 88.7 Å². The molecule has 0 spiro atoms. The summed E-state index contributed by atoms with van der Waals surface area (Å²) < 4.78 is 0. The van der Waals surface area contributed by atoms with E-state index < -0.39 is 18.0 Å². The molecule has 2 fully saturated rings. The number of aliphatic hydroxyl groups is 1. The molecule has 3 heterocycles. The van der Waals surface area contributed by atoms with Crippen LogP contribution in [0.3, 0.4) is 0 Å². The molecule has 2 saturated heterocycles. The van der Waals surface area contributed by atoms with Crippen molar-refractivity contribution in [3.63, 3.8) is 0 Å². The van der Waals surface area contributed by atoms with Crippen LogP contribution in [0.4, 0.5) is 0 Å². The lowest BCUT2D eigenvalue weighted by Gasteiger charge is -2.46. The van der Waals surface area contributed by atoms with Crippen LogP contribution in [-0.2, 0) is 9.59 Å². The van der Waals surface area contributed by atoms with Crippen molar-refractivity contribution < 1.29 is 19.8 Å². The van der Waals surface area contributed by atoms with Gasteiger partial charge in [0.05, 0.1) is 18.1 Å². The quantitative estimate of drug-likeness (QED) is 0.677. The van der Waals surface area contributed by atoms with Crippen LogP contribution >= 0.6 is 0 Å². The maximum Gasteiger partial charge on any atom is 0.352 e. The highest BCUT2D eigenvalue weighted by Gasteiger charge is 2.59. The standard InChI is InChI=1S/C17H27N3O4/c1-9-12(8-19-6-5-11(7-19)18(3)4)15(17(23)24)20-14(9)13(10(2)21)16(20)22/h9-11,13-14,21H,5-8H2,1-4H3,(H,23,24)/t9-,10+,11-,13?,14?/m0/s1. The van der Waals surface area contributed by atoms with Crippen molar-refractivity contribution in [3.8, 4) is 0 Å². The maximum atomic E-state index is 12.3. The number of likely N-dealkylation sites (N-methyl/N-ethyl adjacent to an activating group) is 1. The fourth-order valence-corrected chi connectivity index (χ4v) is 4.47. The number of likely N-dealkylation sites (tertiary alicyclic amines) is 1. The summed E-state index contributed by atoms with van der Waals surface area (Å²) in [5.41, 5.74) is 0.964. The summed E-state index contributed by atoms with van der Waals surface area (Å²) in [6.45, 7) is 6.01. The van der Waals surface area contributed by atoms with E-state index in [9.17, 15) is 19.8 Å². The number of aliphatic hydroxyl groups excluding tert-OH is 1. The van der Waals surface area contributed by atoms with E-state index >= 15 is 0 Å². The minimum absolute atomic E-state index is 0.0354. The molecule has 0 saturated carbocycles. The molecule has 3 aliphatic rings. The van der Waals surface area contributed by atoms with Gasteiger partial charge in [0.25, 0.3) is 0 Å². The van der Waals surface area contributed by atoms with E-state index in [4.69, 9.17) is 0 Å². The molecule has 24 heavy (non-hydrogen) atoms. The number of rotatable bonds is 5. The van der Waals surface area contributed by atoms with E-state index in [1.807, 2.05) is 6.92 Å². The molecule has 2 N–H and O–H groups in total. The highest BCUT2D eigenvalue weighted by atomic mass is 16.4. The Morgan fingerprint density at radius 1 is 1.42 bits per heavy atom. The number of hydrogen-bond donors (Lipinski definition) is 2. The Morgan fingerprint density at radius 2 is 2.08 bits per heavy atom. The lowest BCUT2D eigenvalue weighted by molar-refractivity contribution is -0.163. The van der Waals surface area contributed by atoms with Crippen molar-refractivity contribution >= 4 is 11.9 Å². The molecule has 3 rings (SSSR count). The maximum absolute atomic E-state index is 12.3. The molecule has 7 heteroatoms. The topological polar surface area (TPSA) is 84.3 Å². The monoisotopic (exact) mass is 337 g/mol. The van der Waals surface area contributed by atoms with Crippen LogP contribution in [0.25, 0.3) is 0 Å². The van der Waals surface area contributed by atoms with Gasteiger partial charge in [0.15, 0.2) is 0 Å². The van der Waals surface area contributed by atoms with Crippen molar-refractivity contribution in [1.82, 2.24) is 14.7 Å². The van der Waals surface area contributed by atoms with E-state index in [-0.39, 0.29) is 23.6 Å². The first-order valence-corrected chi connectivity index (χ1v) is 8.60. The van der Waals surface area contributed by atoms with Crippen molar-refractivity contribution in [2.75, 3.05) is 33.7 Å². The summed E-state index contributed by atoms with van der Waals surface area (Å²) >= 11 is 0. The predicted octanol–water partition coefficient (Wildman–Crippen LogP) is -0.181. The molecule has 2 unspecified atom stereocenters. The molecule has 7 nitrogen and oxygen atoms in total. The Bertz CT molecular complexity index is 586. The molecule has 5 atom stereocenters. The van der Waals surface area contributed by atoms with Gasteiger partial charge in [0.2, 0.25) is 5.91 Å². The van der Waals surface area contributed by atoms with Gasteiger partial charge >= 0.3 is 5.97 Å². The van der Waals surface area contributed by atoms with Crippen LogP contribution in [0.2, 0.25) is 0 Å². The lowest BCUT2D eigenvalue weighted by atomic mass is 9.77. The molecule has 0 aromatic rings. The van der Waals surface area contributed by atoms with E-state index in [2.05, 4.69) is 23.9 Å². The van der Waals surface area contributed by atoms with Crippen molar-refractivity contribution in [1.29, 1.82) is 0 Å². The summed E-state index contributed by atoms with van der Waals surface area (Å²) in [6, 6.07) is 0.269. The molecular formula is C17H27N3O4. The van der Waals surface area contributed by atoms with Crippen LogP contribution in [0.5, 0.6) is 0 Å². The number of carbonyl (C=O) groups is 2. The molecule has 0 radical (unpaired) electrons. The number of carboxylic acid groups (broad SMARTS) is 1. The first-order chi connectivity index (χ1) is 11.2. The molecule has 0 aliphatic carbocycles. The van der Waals surface area contributed by atoms with E-state index in [0.29, 0.717) is 12.6 Å². The van der Waals surface area contributed by atoms with Gasteiger partial charge in [-0.1, -0.05) is 6.92 Å². The summed E-state index contributed by atoms with van der Waals surface area (Å²) in [7, 11) is 4.12. The largest absolute Gasteiger partial charge is 0.477 e. The third-order valence-corrected chi connectivity index (χ3v) is 5.89. The Hall–Kier alpha value is -1.44. The van der Waals surface area contributed by atoms with Crippen LogP contribution in [0.15, 0.2) is 11.3 Å². The summed E-state index contributed by atoms with van der Waals surface area (Å²) in [5, 5.41) is 19.5. The highest BCUT2D eigenvalue weighted by Crippen LogP contribution is 2.47. The lowest BCUT2D eigenvalue weighted by Crippen LogP contribution is -2.63. The van der Waals surface area contributed by atoms with Gasteiger partial charge in [-0.25, -0.2) is 4.79 Å². The number of carbonyl (C=O) groups excluding carboxylic acids is 1. The zero-order valence-corrected chi connectivity index (χ0v) is 14.8. The van der Waals surface area contributed by atoms with Crippen LogP contribution in [0, 0.1) is 11.8 Å². The number of carboxylic acids is 1. The van der Waals surface area contributed by atoms with Gasteiger partial charge in [-0.05, 0) is 33.0 Å². The summed E-state index contributed by atoms with van der Waals surface area (Å²) in [4.78, 5) is 30.0. The average Bonchev–Trinajstić information content (AvgIpc) is 3.03. The number of aliphatic carboxylic acids is 1. The fraction of sp³-hybridized carbons (Fsp3) is 0.765. The van der Waals surface area contributed by atoms with Crippen LogP contribution < -0.4 is 0 Å². The van der Waals surface area contributed by atoms with Gasteiger partial charge in [-0.15, -0.1) is 0 Å². The second kappa shape index (κ2) is 6.13. The van der Waals surface area contributed by atoms with Crippen molar-refractivity contribution in [2.45, 2.75) is 38.5 Å². The molecule has 134 valence electrons. The van der Waals surface area contributed by atoms with Gasteiger partial charge in [-0.2, -0.15) is 0 Å². The van der Waals surface area contributed by atoms with Crippen molar-refractivity contribution in [3.05, 3.63) is 11.3 Å². The molecular weight excluding hydrogens is 310 g/mol. The molecule has 0 aromatic carbocycles. The zero-order valence-electron chi connectivity index (χ0n) is 14.8. The first-order valence-electron chi connectivity index (χ1n) is 8.60. The number of β-lactam (4-membered cyclic amide) rings is 1. The molecule has 0 aromatic heterocycles. The van der Waals surface area contributed by atoms with Crippen LogP contribution in [0.1, 0.15) is 20.3 Å². The Labute approximate surface area is 142 Å². The predicted molar refractivity (Wildman–Crippen MR) is 88.2 cm³/mol. The minimum atomic E-state index is -1.04. The molecule has 1 amide bonds. The van der Waals surface area contributed by atoms with Gasteiger partial charge < -0.3 is 20.0 Å². The number of hydrogen-bond acceptors (Lipinski definition) is 5. The SMILES string of the molecule is C[C@@H](O)C1C(=O)N2C(C(=O)O)=C(CN3CC[C@H](N(C)C)C3)[C@H](C)C12. The second-order valence-corrected chi connectivity index (χ2v) is 7.57. The highest BCUT2D eigenvalue weighted by molar-refractivity contribution is 6.00. The zero-order chi connectivity index (χ0) is 17.8. The van der Waals surface area contributed by atoms with E-state index in [0.717, 1.165) is 25.1 Å². The minimum Gasteiger partial charge on any atom is -0.477 e. The van der Waals surface area contributed by atoms with Gasteiger partial charge in [-0.3, -0.25) is 9.69 Å². The third-order valence-electron chi connectivity index (χ3n) is 5.89. The molecule has 3 aliphatic heterocycles. The smallest absolute Gasteiger partial charge is 0.352 e. The van der Waals surface area contributed by atoms with Gasteiger partial charge in [0.1, 0.15) is 5.70 Å². The second-order valence-electron chi connectivity index (χ2n) is 7.57. The number of fused-ring (bicyclic) bond motifs is 1. The normalized spacial score (nSPS) is 34.8.